The van der Waals surface area contributed by atoms with E-state index in [1.165, 1.54) is 6.20 Å². The Morgan fingerprint density at radius 1 is 1.29 bits per heavy atom. The second kappa shape index (κ2) is 7.09. The molecule has 2 aromatic rings. The smallest absolute Gasteiger partial charge is 0.274 e. The van der Waals surface area contributed by atoms with Gasteiger partial charge in [-0.15, -0.1) is 0 Å². The lowest BCUT2D eigenvalue weighted by atomic mass is 10.2. The van der Waals surface area contributed by atoms with Crippen LogP contribution in [0.15, 0.2) is 36.5 Å². The summed E-state index contributed by atoms with van der Waals surface area (Å²) in [5.74, 6) is 5.16. The number of nitrogens with two attached hydrogens (primary N) is 1. The van der Waals surface area contributed by atoms with Crippen LogP contribution in [0.4, 0.5) is 5.69 Å². The Labute approximate surface area is 132 Å². The van der Waals surface area contributed by atoms with Crippen LogP contribution in [-0.4, -0.2) is 17.4 Å². The number of pyridine rings is 1. The van der Waals surface area contributed by atoms with Gasteiger partial charge < -0.3 is 11.1 Å². The highest BCUT2D eigenvalue weighted by Gasteiger charge is 2.11. The van der Waals surface area contributed by atoms with E-state index in [1.54, 1.807) is 30.3 Å². The number of nitrogens with one attached hydrogen (secondary N) is 1. The number of hydrogen-bond donors (Lipinski definition) is 2. The highest BCUT2D eigenvalue weighted by molar-refractivity contribution is 6.44. The van der Waals surface area contributed by atoms with Crippen LogP contribution in [0.1, 0.15) is 16.1 Å². The number of hydrogen-bond acceptors (Lipinski definition) is 3. The average Bonchev–Trinajstić information content (AvgIpc) is 2.50. The molecule has 2 rings (SSSR count). The molecule has 0 aliphatic rings. The quantitative estimate of drug-likeness (QED) is 0.836. The largest absolute Gasteiger partial charge is 0.320 e. The maximum absolute atomic E-state index is 12.1. The Hall–Kier alpha value is -2.06. The number of benzene rings is 1. The van der Waals surface area contributed by atoms with Crippen molar-refractivity contribution in [3.63, 3.8) is 0 Å². The van der Waals surface area contributed by atoms with Crippen molar-refractivity contribution in [1.29, 1.82) is 0 Å². The fraction of sp³-hybridized carbons (Fsp3) is 0.0667. The van der Waals surface area contributed by atoms with Crippen molar-refractivity contribution < 1.29 is 4.79 Å². The lowest BCUT2D eigenvalue weighted by molar-refractivity contribution is 0.102. The minimum atomic E-state index is -0.377. The van der Waals surface area contributed by atoms with E-state index in [1.807, 2.05) is 0 Å². The highest BCUT2D eigenvalue weighted by Crippen LogP contribution is 2.29. The third-order valence-electron chi connectivity index (χ3n) is 2.53. The van der Waals surface area contributed by atoms with Crippen molar-refractivity contribution in [2.24, 2.45) is 5.73 Å². The average molecular weight is 320 g/mol. The van der Waals surface area contributed by atoms with E-state index < -0.39 is 0 Å². The normalized spacial score (nSPS) is 9.67. The molecule has 0 atom stereocenters. The zero-order valence-corrected chi connectivity index (χ0v) is 12.4. The number of rotatable bonds is 2. The molecule has 0 saturated carbocycles. The van der Waals surface area contributed by atoms with E-state index in [2.05, 4.69) is 22.1 Å². The Bertz CT molecular complexity index is 718. The predicted octanol–water partition coefficient (Wildman–Crippen LogP) is 2.95. The molecule has 106 valence electrons. The fourth-order valence-electron chi connectivity index (χ4n) is 1.54. The molecule has 1 heterocycles. The van der Waals surface area contributed by atoms with Crippen molar-refractivity contribution in [2.45, 2.75) is 0 Å². The second-order valence-corrected chi connectivity index (χ2v) is 4.78. The van der Waals surface area contributed by atoms with E-state index in [4.69, 9.17) is 28.9 Å². The first-order valence-electron chi connectivity index (χ1n) is 6.02. The molecule has 1 aromatic carbocycles. The topological polar surface area (TPSA) is 68.0 Å². The molecule has 0 fully saturated rings. The van der Waals surface area contributed by atoms with E-state index in [0.717, 1.165) is 0 Å². The molecule has 0 saturated heterocycles. The van der Waals surface area contributed by atoms with Crippen LogP contribution in [0, 0.1) is 11.8 Å². The van der Waals surface area contributed by atoms with Crippen molar-refractivity contribution in [2.75, 3.05) is 11.9 Å². The Morgan fingerprint density at radius 2 is 2.10 bits per heavy atom. The van der Waals surface area contributed by atoms with Crippen LogP contribution in [0.5, 0.6) is 0 Å². The third-order valence-corrected chi connectivity index (χ3v) is 3.35. The minimum Gasteiger partial charge on any atom is -0.320 e. The summed E-state index contributed by atoms with van der Waals surface area (Å²) in [6, 6.07) is 8.27. The SMILES string of the molecule is NCC#Cc1ccc(C(=O)Nc2cccc(Cl)c2Cl)nc1. The van der Waals surface area contributed by atoms with Crippen LogP contribution >= 0.6 is 23.2 Å². The molecule has 6 heteroatoms. The summed E-state index contributed by atoms with van der Waals surface area (Å²) in [7, 11) is 0. The second-order valence-electron chi connectivity index (χ2n) is 3.99. The Balaban J connectivity index is 2.15. The molecular formula is C15H11Cl2N3O. The Morgan fingerprint density at radius 3 is 2.76 bits per heavy atom. The van der Waals surface area contributed by atoms with E-state index in [-0.39, 0.29) is 23.2 Å². The van der Waals surface area contributed by atoms with Crippen LogP contribution in [0.25, 0.3) is 0 Å². The van der Waals surface area contributed by atoms with Crippen LogP contribution in [0.2, 0.25) is 10.0 Å². The van der Waals surface area contributed by atoms with Gasteiger partial charge in [0.2, 0.25) is 0 Å². The molecule has 0 unspecified atom stereocenters. The monoisotopic (exact) mass is 319 g/mol. The van der Waals surface area contributed by atoms with Gasteiger partial charge >= 0.3 is 0 Å². The first-order chi connectivity index (χ1) is 10.1. The van der Waals surface area contributed by atoms with Gasteiger partial charge in [0, 0.05) is 11.8 Å². The summed E-state index contributed by atoms with van der Waals surface area (Å²) in [5.41, 5.74) is 6.67. The van der Waals surface area contributed by atoms with Gasteiger partial charge in [0.15, 0.2) is 0 Å². The van der Waals surface area contributed by atoms with Crippen molar-refractivity contribution in [1.82, 2.24) is 4.98 Å². The summed E-state index contributed by atoms with van der Waals surface area (Å²) in [4.78, 5) is 16.1. The van der Waals surface area contributed by atoms with Gasteiger partial charge in [-0.2, -0.15) is 0 Å². The number of aromatic nitrogens is 1. The molecule has 1 amide bonds. The first kappa shape index (κ1) is 15.3. The van der Waals surface area contributed by atoms with Crippen LogP contribution in [-0.2, 0) is 0 Å². The summed E-state index contributed by atoms with van der Waals surface area (Å²) >= 11 is 11.9. The number of anilines is 1. The minimum absolute atomic E-state index is 0.254. The van der Waals surface area contributed by atoms with Crippen molar-refractivity contribution in [3.8, 4) is 11.8 Å². The van der Waals surface area contributed by atoms with Gasteiger partial charge in [-0.25, -0.2) is 4.98 Å². The highest BCUT2D eigenvalue weighted by atomic mass is 35.5. The lowest BCUT2D eigenvalue weighted by Crippen LogP contribution is -2.13. The summed E-state index contributed by atoms with van der Waals surface area (Å²) < 4.78 is 0. The molecule has 0 aliphatic carbocycles. The van der Waals surface area contributed by atoms with Gasteiger partial charge in [0.25, 0.3) is 5.91 Å². The van der Waals surface area contributed by atoms with Gasteiger partial charge in [-0.05, 0) is 24.3 Å². The molecule has 21 heavy (non-hydrogen) atoms. The van der Waals surface area contributed by atoms with Crippen LogP contribution in [0.3, 0.4) is 0 Å². The number of nitrogens with zero attached hydrogens (tertiary/aromatic N) is 1. The van der Waals surface area contributed by atoms with E-state index >= 15 is 0 Å². The van der Waals surface area contributed by atoms with E-state index in [0.29, 0.717) is 16.3 Å². The first-order valence-corrected chi connectivity index (χ1v) is 6.78. The molecular weight excluding hydrogens is 309 g/mol. The number of halogens is 2. The molecule has 3 N–H and O–H groups in total. The fourth-order valence-corrected chi connectivity index (χ4v) is 1.89. The maximum Gasteiger partial charge on any atom is 0.274 e. The predicted molar refractivity (Wildman–Crippen MR) is 84.6 cm³/mol. The standard InChI is InChI=1S/C15H11Cl2N3O/c16-11-4-1-5-12(14(11)17)20-15(21)13-7-6-10(9-19-13)3-2-8-18/h1,4-7,9H,8,18H2,(H,20,21). The van der Waals surface area contributed by atoms with Gasteiger partial charge in [-0.1, -0.05) is 41.1 Å². The molecule has 0 bridgehead atoms. The van der Waals surface area contributed by atoms with Crippen LogP contribution < -0.4 is 11.1 Å². The van der Waals surface area contributed by atoms with Gasteiger partial charge in [-0.3, -0.25) is 4.79 Å². The third kappa shape index (κ3) is 3.96. The van der Waals surface area contributed by atoms with Gasteiger partial charge in [0.1, 0.15) is 5.69 Å². The molecule has 4 nitrogen and oxygen atoms in total. The number of carbonyl (C=O) groups excluding carboxylic acids is 1. The maximum atomic E-state index is 12.1. The Kier molecular flexibility index (Phi) is 5.18. The lowest BCUT2D eigenvalue weighted by Gasteiger charge is -2.07. The van der Waals surface area contributed by atoms with Gasteiger partial charge in [0.05, 0.1) is 22.3 Å². The molecule has 0 radical (unpaired) electrons. The number of carbonyl (C=O) groups is 1. The zero-order valence-electron chi connectivity index (χ0n) is 10.9. The summed E-state index contributed by atoms with van der Waals surface area (Å²) in [5, 5.41) is 3.32. The zero-order chi connectivity index (χ0) is 15.2. The van der Waals surface area contributed by atoms with Crippen molar-refractivity contribution >= 4 is 34.8 Å². The van der Waals surface area contributed by atoms with E-state index in [9.17, 15) is 4.79 Å². The summed E-state index contributed by atoms with van der Waals surface area (Å²) in [6.07, 6.45) is 1.51. The number of amides is 1. The van der Waals surface area contributed by atoms with Crippen molar-refractivity contribution in [3.05, 3.63) is 57.8 Å². The molecule has 1 aromatic heterocycles. The molecule has 0 spiro atoms. The summed E-state index contributed by atoms with van der Waals surface area (Å²) in [6.45, 7) is 0.273. The molecule has 0 aliphatic heterocycles.